The van der Waals surface area contributed by atoms with Crippen LogP contribution in [0.15, 0.2) is 0 Å². The molecule has 1 rings (SSSR count). The highest BCUT2D eigenvalue weighted by molar-refractivity contribution is 4.86. The molecule has 1 heterocycles. The molecule has 3 heteroatoms. The number of hydrogen-bond donors (Lipinski definition) is 2. The lowest BCUT2D eigenvalue weighted by molar-refractivity contribution is 0.121. The first-order valence-electron chi connectivity index (χ1n) is 4.29. The zero-order chi connectivity index (χ0) is 8.43. The lowest BCUT2D eigenvalue weighted by Gasteiger charge is -2.23. The molecule has 1 saturated heterocycles. The second-order valence-corrected chi connectivity index (χ2v) is 3.54. The van der Waals surface area contributed by atoms with Gasteiger partial charge in [-0.2, -0.15) is 0 Å². The maximum absolute atomic E-state index is 9.13. The van der Waals surface area contributed by atoms with Crippen LogP contribution < -0.4 is 5.73 Å². The van der Waals surface area contributed by atoms with Crippen molar-refractivity contribution in [3.8, 4) is 0 Å². The van der Waals surface area contributed by atoms with Crippen molar-refractivity contribution in [1.82, 2.24) is 4.90 Å². The van der Waals surface area contributed by atoms with Gasteiger partial charge >= 0.3 is 0 Å². The van der Waals surface area contributed by atoms with Gasteiger partial charge in [0.2, 0.25) is 0 Å². The van der Waals surface area contributed by atoms with Gasteiger partial charge in [-0.25, -0.2) is 0 Å². The van der Waals surface area contributed by atoms with Gasteiger partial charge in [-0.15, -0.1) is 0 Å². The van der Waals surface area contributed by atoms with Crippen LogP contribution in [-0.2, 0) is 0 Å². The molecule has 3 nitrogen and oxygen atoms in total. The number of likely N-dealkylation sites (tertiary alicyclic amines) is 1. The van der Waals surface area contributed by atoms with Crippen LogP contribution in [0.25, 0.3) is 0 Å². The zero-order valence-corrected chi connectivity index (χ0v) is 7.33. The van der Waals surface area contributed by atoms with Crippen molar-refractivity contribution in [3.63, 3.8) is 0 Å². The Balaban J connectivity index is 2.36. The summed E-state index contributed by atoms with van der Waals surface area (Å²) in [5.41, 5.74) is 5.82. The van der Waals surface area contributed by atoms with Crippen LogP contribution in [-0.4, -0.2) is 41.3 Å². The Labute approximate surface area is 68.2 Å². The number of aliphatic hydroxyl groups excluding tert-OH is 1. The summed E-state index contributed by atoms with van der Waals surface area (Å²) in [6.45, 7) is 5.73. The molecule has 0 bridgehead atoms. The summed E-state index contributed by atoms with van der Waals surface area (Å²) in [6, 6.07) is 0.735. The largest absolute Gasteiger partial charge is 0.392 e. The molecule has 0 aromatic heterocycles. The molecule has 0 aromatic carbocycles. The lowest BCUT2D eigenvalue weighted by atomic mass is 10.2. The molecule has 1 aliphatic rings. The van der Waals surface area contributed by atoms with E-state index in [2.05, 4.69) is 11.8 Å². The predicted octanol–water partition coefficient (Wildman–Crippen LogP) is -0.211. The van der Waals surface area contributed by atoms with Gasteiger partial charge in [-0.05, 0) is 20.3 Å². The van der Waals surface area contributed by atoms with Crippen molar-refractivity contribution < 1.29 is 5.11 Å². The van der Waals surface area contributed by atoms with Gasteiger partial charge in [0, 0.05) is 25.2 Å². The lowest BCUT2D eigenvalue weighted by Crippen LogP contribution is -2.39. The van der Waals surface area contributed by atoms with Gasteiger partial charge in [0.05, 0.1) is 6.10 Å². The molecule has 66 valence electrons. The minimum atomic E-state index is -0.234. The maximum atomic E-state index is 9.13. The average Bonchev–Trinajstić information content (AvgIpc) is 2.18. The van der Waals surface area contributed by atoms with E-state index in [1.165, 1.54) is 0 Å². The van der Waals surface area contributed by atoms with Crippen molar-refractivity contribution in [2.75, 3.05) is 13.1 Å². The van der Waals surface area contributed by atoms with Crippen LogP contribution in [0.1, 0.15) is 20.3 Å². The van der Waals surface area contributed by atoms with E-state index in [-0.39, 0.29) is 6.10 Å². The summed E-state index contributed by atoms with van der Waals surface area (Å²) in [4.78, 5) is 2.25. The summed E-state index contributed by atoms with van der Waals surface area (Å²) >= 11 is 0. The molecule has 0 amide bonds. The second-order valence-electron chi connectivity index (χ2n) is 3.54. The van der Waals surface area contributed by atoms with Crippen molar-refractivity contribution in [1.29, 1.82) is 0 Å². The van der Waals surface area contributed by atoms with E-state index >= 15 is 0 Å². The fourth-order valence-corrected chi connectivity index (χ4v) is 1.63. The number of aliphatic hydroxyl groups is 1. The molecule has 0 aromatic rings. The Morgan fingerprint density at radius 1 is 1.73 bits per heavy atom. The third-order valence-electron chi connectivity index (χ3n) is 2.44. The highest BCUT2D eigenvalue weighted by Gasteiger charge is 2.27. The Hall–Kier alpha value is -0.120. The van der Waals surface area contributed by atoms with E-state index in [9.17, 15) is 0 Å². The summed E-state index contributed by atoms with van der Waals surface area (Å²) in [7, 11) is 0. The zero-order valence-electron chi connectivity index (χ0n) is 7.33. The summed E-state index contributed by atoms with van der Waals surface area (Å²) in [6.07, 6.45) is 0.830. The smallest absolute Gasteiger partial charge is 0.0639 e. The molecule has 11 heavy (non-hydrogen) atoms. The molecular formula is C8H18N2O. The molecule has 3 N–H and O–H groups in total. The van der Waals surface area contributed by atoms with Crippen molar-refractivity contribution in [3.05, 3.63) is 0 Å². The Kier molecular flexibility index (Phi) is 2.87. The minimum absolute atomic E-state index is 0.234. The summed E-state index contributed by atoms with van der Waals surface area (Å²) in [5, 5.41) is 9.13. The van der Waals surface area contributed by atoms with Crippen LogP contribution in [0.2, 0.25) is 0 Å². The minimum Gasteiger partial charge on any atom is -0.392 e. The van der Waals surface area contributed by atoms with Crippen LogP contribution >= 0.6 is 0 Å². The van der Waals surface area contributed by atoms with Crippen LogP contribution in [0.3, 0.4) is 0 Å². The van der Waals surface area contributed by atoms with E-state index in [0.29, 0.717) is 12.1 Å². The fourth-order valence-electron chi connectivity index (χ4n) is 1.63. The number of nitrogens with two attached hydrogens (primary N) is 1. The summed E-state index contributed by atoms with van der Waals surface area (Å²) in [5.74, 6) is 0. The molecule has 1 aliphatic heterocycles. The molecule has 0 radical (unpaired) electrons. The second kappa shape index (κ2) is 3.52. The average molecular weight is 158 g/mol. The van der Waals surface area contributed by atoms with Crippen molar-refractivity contribution >= 4 is 0 Å². The first-order valence-corrected chi connectivity index (χ1v) is 4.29. The highest BCUT2D eigenvalue weighted by atomic mass is 16.3. The van der Waals surface area contributed by atoms with Gasteiger partial charge in [0.1, 0.15) is 0 Å². The summed E-state index contributed by atoms with van der Waals surface area (Å²) < 4.78 is 0. The highest BCUT2D eigenvalue weighted by Crippen LogP contribution is 2.15. The van der Waals surface area contributed by atoms with Gasteiger partial charge in [-0.1, -0.05) is 0 Å². The Morgan fingerprint density at radius 3 is 2.73 bits per heavy atom. The third-order valence-corrected chi connectivity index (χ3v) is 2.44. The van der Waals surface area contributed by atoms with Gasteiger partial charge < -0.3 is 10.8 Å². The van der Waals surface area contributed by atoms with Gasteiger partial charge in [0.25, 0.3) is 0 Å². The van der Waals surface area contributed by atoms with E-state index in [1.807, 2.05) is 6.92 Å². The van der Waals surface area contributed by atoms with E-state index in [4.69, 9.17) is 10.8 Å². The maximum Gasteiger partial charge on any atom is 0.0639 e. The molecule has 3 atom stereocenters. The Morgan fingerprint density at radius 2 is 2.36 bits per heavy atom. The first kappa shape index (κ1) is 8.97. The normalized spacial score (nSPS) is 36.0. The standard InChI is InChI=1S/C8H18N2O/c1-6(11)5-10-4-3-8(9)7(10)2/h6-8,11H,3-5,9H2,1-2H3. The van der Waals surface area contributed by atoms with Gasteiger partial charge in [0.15, 0.2) is 0 Å². The van der Waals surface area contributed by atoms with Gasteiger partial charge in [-0.3, -0.25) is 4.90 Å². The number of nitrogens with zero attached hydrogens (tertiary/aromatic N) is 1. The molecule has 0 spiro atoms. The van der Waals surface area contributed by atoms with Crippen LogP contribution in [0.5, 0.6) is 0 Å². The van der Waals surface area contributed by atoms with E-state index in [0.717, 1.165) is 19.5 Å². The van der Waals surface area contributed by atoms with Crippen molar-refractivity contribution in [2.24, 2.45) is 5.73 Å². The predicted molar refractivity (Wildman–Crippen MR) is 45.3 cm³/mol. The Bertz CT molecular complexity index is 127. The van der Waals surface area contributed by atoms with E-state index < -0.39 is 0 Å². The molecule has 0 saturated carbocycles. The number of hydrogen-bond acceptors (Lipinski definition) is 3. The number of β-amino-alcohol motifs (C(OH)–C–C–N with tert-alkyl or cyclic N) is 1. The van der Waals surface area contributed by atoms with Crippen molar-refractivity contribution in [2.45, 2.75) is 38.5 Å². The van der Waals surface area contributed by atoms with E-state index in [1.54, 1.807) is 0 Å². The fraction of sp³-hybridized carbons (Fsp3) is 1.00. The number of rotatable bonds is 2. The molecular weight excluding hydrogens is 140 g/mol. The molecule has 0 aliphatic carbocycles. The SMILES string of the molecule is CC(O)CN1CCC(N)C1C. The monoisotopic (exact) mass is 158 g/mol. The third kappa shape index (κ3) is 2.15. The molecule has 3 unspecified atom stereocenters. The quantitative estimate of drug-likeness (QED) is 0.584. The topological polar surface area (TPSA) is 49.5 Å². The molecule has 1 fully saturated rings. The van der Waals surface area contributed by atoms with Crippen LogP contribution in [0.4, 0.5) is 0 Å². The van der Waals surface area contributed by atoms with Crippen LogP contribution in [0, 0.1) is 0 Å². The first-order chi connectivity index (χ1) is 5.11.